The van der Waals surface area contributed by atoms with E-state index >= 15 is 0 Å². The molecule has 2 aromatic rings. The van der Waals surface area contributed by atoms with Crippen molar-refractivity contribution < 1.29 is 22.3 Å². The second-order valence-corrected chi connectivity index (χ2v) is 5.33. The second-order valence-electron chi connectivity index (χ2n) is 4.92. The van der Waals surface area contributed by atoms with Gasteiger partial charge in [-0.25, -0.2) is 4.39 Å². The average Bonchev–Trinajstić information content (AvgIpc) is 2.50. The van der Waals surface area contributed by atoms with Crippen molar-refractivity contribution in [3.8, 4) is 11.5 Å². The molecule has 1 atom stereocenters. The molecule has 2 N–H and O–H groups in total. The standard InChI is InChI=1S/C16H14ClF4NO/c1-2-13(22)11-6-7-12(17)15(14(11)18)23-10-5-3-4-9(8-10)16(19,20)21/h3-8,13H,2,22H2,1H3/t13-/m1/s1. The number of hydrogen-bond acceptors (Lipinski definition) is 2. The Labute approximate surface area is 135 Å². The van der Waals surface area contributed by atoms with Gasteiger partial charge in [-0.15, -0.1) is 0 Å². The quantitative estimate of drug-likeness (QED) is 0.720. The summed E-state index contributed by atoms with van der Waals surface area (Å²) in [6, 6.07) is 6.42. The maximum absolute atomic E-state index is 14.5. The molecule has 0 saturated heterocycles. The van der Waals surface area contributed by atoms with Crippen molar-refractivity contribution in [2.75, 3.05) is 0 Å². The van der Waals surface area contributed by atoms with Gasteiger partial charge in [0.05, 0.1) is 10.6 Å². The highest BCUT2D eigenvalue weighted by Gasteiger charge is 2.30. The van der Waals surface area contributed by atoms with Crippen LogP contribution in [0.15, 0.2) is 36.4 Å². The zero-order chi connectivity index (χ0) is 17.2. The van der Waals surface area contributed by atoms with Crippen LogP contribution in [0.5, 0.6) is 11.5 Å². The SMILES string of the molecule is CC[C@@H](N)c1ccc(Cl)c(Oc2cccc(C(F)(F)F)c2)c1F. The molecule has 7 heteroatoms. The minimum Gasteiger partial charge on any atom is -0.453 e. The van der Waals surface area contributed by atoms with Crippen LogP contribution in [0.4, 0.5) is 17.6 Å². The zero-order valence-corrected chi connectivity index (χ0v) is 12.9. The number of hydrogen-bond donors (Lipinski definition) is 1. The molecule has 0 aromatic heterocycles. The Kier molecular flexibility index (Phi) is 5.16. The second kappa shape index (κ2) is 6.76. The summed E-state index contributed by atoms with van der Waals surface area (Å²) in [5.41, 5.74) is 5.10. The number of halogens is 5. The van der Waals surface area contributed by atoms with E-state index in [0.29, 0.717) is 6.42 Å². The van der Waals surface area contributed by atoms with Gasteiger partial charge in [0, 0.05) is 11.6 Å². The summed E-state index contributed by atoms with van der Waals surface area (Å²) in [7, 11) is 0. The number of benzene rings is 2. The van der Waals surface area contributed by atoms with Gasteiger partial charge in [0.15, 0.2) is 11.6 Å². The summed E-state index contributed by atoms with van der Waals surface area (Å²) < 4.78 is 57.9. The van der Waals surface area contributed by atoms with Gasteiger partial charge < -0.3 is 10.5 Å². The molecule has 2 aromatic carbocycles. The zero-order valence-electron chi connectivity index (χ0n) is 12.1. The molecule has 23 heavy (non-hydrogen) atoms. The van der Waals surface area contributed by atoms with Crippen molar-refractivity contribution in [3.63, 3.8) is 0 Å². The molecular formula is C16H14ClF4NO. The first kappa shape index (κ1) is 17.6. The van der Waals surface area contributed by atoms with Crippen LogP contribution in [0.1, 0.15) is 30.5 Å². The highest BCUT2D eigenvalue weighted by atomic mass is 35.5. The van der Waals surface area contributed by atoms with Crippen molar-refractivity contribution in [2.45, 2.75) is 25.6 Å². The molecule has 0 fully saturated rings. The lowest BCUT2D eigenvalue weighted by molar-refractivity contribution is -0.137. The normalized spacial score (nSPS) is 13.0. The first-order chi connectivity index (χ1) is 10.7. The van der Waals surface area contributed by atoms with Crippen molar-refractivity contribution in [1.29, 1.82) is 0 Å². The Morgan fingerprint density at radius 1 is 1.22 bits per heavy atom. The molecule has 0 radical (unpaired) electrons. The summed E-state index contributed by atoms with van der Waals surface area (Å²) in [5.74, 6) is -1.28. The Hall–Kier alpha value is -1.79. The van der Waals surface area contributed by atoms with E-state index in [0.717, 1.165) is 12.1 Å². The molecule has 0 aliphatic rings. The van der Waals surface area contributed by atoms with Crippen molar-refractivity contribution in [3.05, 3.63) is 58.4 Å². The lowest BCUT2D eigenvalue weighted by Gasteiger charge is -2.16. The fourth-order valence-corrected chi connectivity index (χ4v) is 2.19. The fourth-order valence-electron chi connectivity index (χ4n) is 2.00. The van der Waals surface area contributed by atoms with Gasteiger partial charge in [0.2, 0.25) is 0 Å². The van der Waals surface area contributed by atoms with Gasteiger partial charge in [-0.2, -0.15) is 13.2 Å². The van der Waals surface area contributed by atoms with E-state index in [9.17, 15) is 17.6 Å². The smallest absolute Gasteiger partial charge is 0.416 e. The van der Waals surface area contributed by atoms with Crippen LogP contribution in [0.25, 0.3) is 0 Å². The van der Waals surface area contributed by atoms with Crippen LogP contribution >= 0.6 is 11.6 Å². The molecule has 0 aliphatic carbocycles. The van der Waals surface area contributed by atoms with Crippen LogP contribution in [0.2, 0.25) is 5.02 Å². The lowest BCUT2D eigenvalue weighted by Crippen LogP contribution is -2.11. The highest BCUT2D eigenvalue weighted by molar-refractivity contribution is 6.32. The lowest BCUT2D eigenvalue weighted by atomic mass is 10.0. The van der Waals surface area contributed by atoms with Gasteiger partial charge in [0.1, 0.15) is 5.75 Å². The predicted molar refractivity (Wildman–Crippen MR) is 80.1 cm³/mol. The largest absolute Gasteiger partial charge is 0.453 e. The average molecular weight is 348 g/mol. The molecule has 2 nitrogen and oxygen atoms in total. The fraction of sp³-hybridized carbons (Fsp3) is 0.250. The van der Waals surface area contributed by atoms with E-state index in [2.05, 4.69) is 0 Å². The number of alkyl halides is 3. The summed E-state index contributed by atoms with van der Waals surface area (Å²) in [6.07, 6.45) is -4.03. The van der Waals surface area contributed by atoms with E-state index in [1.165, 1.54) is 24.3 Å². The van der Waals surface area contributed by atoms with Crippen LogP contribution < -0.4 is 10.5 Å². The molecule has 0 bridgehead atoms. The maximum atomic E-state index is 14.5. The molecule has 2 rings (SSSR count). The van der Waals surface area contributed by atoms with E-state index in [4.69, 9.17) is 22.1 Å². The maximum Gasteiger partial charge on any atom is 0.416 e. The summed E-state index contributed by atoms with van der Waals surface area (Å²) in [5, 5.41) is -0.0491. The van der Waals surface area contributed by atoms with Crippen molar-refractivity contribution >= 4 is 11.6 Å². The predicted octanol–water partition coefficient (Wildman–Crippen LogP) is 5.70. The molecule has 0 saturated carbocycles. The van der Waals surface area contributed by atoms with Crippen molar-refractivity contribution in [1.82, 2.24) is 0 Å². The Bertz CT molecular complexity index is 703. The first-order valence-corrected chi connectivity index (χ1v) is 7.20. The Morgan fingerprint density at radius 2 is 1.91 bits per heavy atom. The van der Waals surface area contributed by atoms with Gasteiger partial charge in [0.25, 0.3) is 0 Å². The number of ether oxygens (including phenoxy) is 1. The van der Waals surface area contributed by atoms with Gasteiger partial charge in [-0.3, -0.25) is 0 Å². The van der Waals surface area contributed by atoms with Gasteiger partial charge >= 0.3 is 6.18 Å². The number of nitrogens with two attached hydrogens (primary N) is 1. The summed E-state index contributed by atoms with van der Waals surface area (Å²) >= 11 is 5.90. The minimum atomic E-state index is -4.52. The molecule has 0 heterocycles. The third-order valence-corrected chi connectivity index (χ3v) is 3.60. The summed E-state index contributed by atoms with van der Waals surface area (Å²) in [4.78, 5) is 0. The topological polar surface area (TPSA) is 35.2 Å². The van der Waals surface area contributed by atoms with Crippen LogP contribution in [0.3, 0.4) is 0 Å². The van der Waals surface area contributed by atoms with Crippen LogP contribution in [-0.4, -0.2) is 0 Å². The van der Waals surface area contributed by atoms with E-state index < -0.39 is 23.6 Å². The van der Waals surface area contributed by atoms with E-state index in [1.807, 2.05) is 0 Å². The van der Waals surface area contributed by atoms with Gasteiger partial charge in [-0.05, 0) is 30.7 Å². The molecular weight excluding hydrogens is 334 g/mol. The minimum absolute atomic E-state index is 0.0491. The van der Waals surface area contributed by atoms with Crippen LogP contribution in [-0.2, 0) is 6.18 Å². The number of rotatable bonds is 4. The van der Waals surface area contributed by atoms with E-state index in [-0.39, 0.29) is 22.1 Å². The third kappa shape index (κ3) is 3.95. The van der Waals surface area contributed by atoms with Gasteiger partial charge in [-0.1, -0.05) is 30.7 Å². The third-order valence-electron chi connectivity index (χ3n) is 3.30. The molecule has 0 spiro atoms. The molecule has 0 unspecified atom stereocenters. The molecule has 0 aliphatic heterocycles. The van der Waals surface area contributed by atoms with E-state index in [1.54, 1.807) is 6.92 Å². The monoisotopic (exact) mass is 347 g/mol. The summed E-state index contributed by atoms with van der Waals surface area (Å²) in [6.45, 7) is 1.78. The Morgan fingerprint density at radius 3 is 2.52 bits per heavy atom. The molecule has 0 amide bonds. The Balaban J connectivity index is 2.41. The van der Waals surface area contributed by atoms with Crippen LogP contribution in [0, 0.1) is 5.82 Å². The van der Waals surface area contributed by atoms with Crippen molar-refractivity contribution in [2.24, 2.45) is 5.73 Å². The highest BCUT2D eigenvalue weighted by Crippen LogP contribution is 2.37. The first-order valence-electron chi connectivity index (χ1n) is 6.82. The molecule has 124 valence electrons.